The summed E-state index contributed by atoms with van der Waals surface area (Å²) in [7, 11) is 0. The molecule has 1 aromatic heterocycles. The van der Waals surface area contributed by atoms with Gasteiger partial charge in [0.15, 0.2) is 11.0 Å². The number of nitrogens with two attached hydrogens (primary N) is 1. The van der Waals surface area contributed by atoms with Crippen molar-refractivity contribution in [3.63, 3.8) is 0 Å². The number of nitrogens with one attached hydrogen (secondary N) is 1. The molecule has 110 valence electrons. The van der Waals surface area contributed by atoms with Gasteiger partial charge in [0.05, 0.1) is 17.1 Å². The monoisotopic (exact) mass is 306 g/mol. The molecule has 1 saturated heterocycles. The number of hydrogen-bond donors (Lipinski definition) is 2. The molecule has 2 aromatic rings. The van der Waals surface area contributed by atoms with Crippen LogP contribution in [0.2, 0.25) is 5.15 Å². The molecule has 0 aliphatic carbocycles. The SMILES string of the molecule is NCC1CCC(C(=O)Nc2nc3ccccc3nc2Cl)O1. The lowest BCUT2D eigenvalue weighted by Crippen LogP contribution is -2.30. The zero-order valence-corrected chi connectivity index (χ0v) is 12.0. The van der Waals surface area contributed by atoms with E-state index in [0.717, 1.165) is 6.42 Å². The second-order valence-electron chi connectivity index (χ2n) is 4.90. The number of ether oxygens (including phenoxy) is 1. The molecule has 1 aromatic carbocycles. The normalized spacial score (nSPS) is 21.6. The zero-order valence-electron chi connectivity index (χ0n) is 11.3. The van der Waals surface area contributed by atoms with E-state index >= 15 is 0 Å². The molecule has 1 amide bonds. The van der Waals surface area contributed by atoms with Crippen molar-refractivity contribution >= 4 is 34.4 Å². The van der Waals surface area contributed by atoms with Crippen LogP contribution in [0.1, 0.15) is 12.8 Å². The first kappa shape index (κ1) is 14.2. The summed E-state index contributed by atoms with van der Waals surface area (Å²) in [5.74, 6) is -0.0161. The highest BCUT2D eigenvalue weighted by atomic mass is 35.5. The van der Waals surface area contributed by atoms with Gasteiger partial charge in [-0.2, -0.15) is 0 Å². The minimum absolute atomic E-state index is 0.0566. The molecule has 0 radical (unpaired) electrons. The maximum atomic E-state index is 12.2. The Morgan fingerprint density at radius 3 is 2.71 bits per heavy atom. The Labute approximate surface area is 126 Å². The van der Waals surface area contributed by atoms with Gasteiger partial charge in [-0.25, -0.2) is 9.97 Å². The van der Waals surface area contributed by atoms with Crippen molar-refractivity contribution in [1.29, 1.82) is 0 Å². The number of carbonyl (C=O) groups excluding carboxylic acids is 1. The number of halogens is 1. The number of rotatable bonds is 3. The van der Waals surface area contributed by atoms with Crippen LogP contribution >= 0.6 is 11.6 Å². The van der Waals surface area contributed by atoms with Crippen molar-refractivity contribution in [2.75, 3.05) is 11.9 Å². The molecule has 21 heavy (non-hydrogen) atoms. The van der Waals surface area contributed by atoms with Crippen LogP contribution in [0, 0.1) is 0 Å². The third kappa shape index (κ3) is 2.97. The lowest BCUT2D eigenvalue weighted by Gasteiger charge is -2.13. The smallest absolute Gasteiger partial charge is 0.254 e. The van der Waals surface area contributed by atoms with Crippen molar-refractivity contribution < 1.29 is 9.53 Å². The van der Waals surface area contributed by atoms with Crippen LogP contribution in [0.15, 0.2) is 24.3 Å². The van der Waals surface area contributed by atoms with E-state index in [0.29, 0.717) is 24.0 Å². The first-order valence-corrected chi connectivity index (χ1v) is 7.14. The largest absolute Gasteiger partial charge is 0.364 e. The van der Waals surface area contributed by atoms with Crippen LogP contribution in [0.25, 0.3) is 11.0 Å². The van der Waals surface area contributed by atoms with E-state index in [1.54, 1.807) is 0 Å². The van der Waals surface area contributed by atoms with Gasteiger partial charge in [-0.3, -0.25) is 4.79 Å². The van der Waals surface area contributed by atoms with Crippen molar-refractivity contribution in [3.05, 3.63) is 29.4 Å². The van der Waals surface area contributed by atoms with Gasteiger partial charge >= 0.3 is 0 Å². The van der Waals surface area contributed by atoms with Gasteiger partial charge in [-0.15, -0.1) is 0 Å². The van der Waals surface area contributed by atoms with Crippen LogP contribution in [0.4, 0.5) is 5.82 Å². The molecular formula is C14H15ClN4O2. The van der Waals surface area contributed by atoms with Gasteiger partial charge in [0.25, 0.3) is 5.91 Å². The minimum atomic E-state index is -0.511. The van der Waals surface area contributed by atoms with Crippen molar-refractivity contribution in [1.82, 2.24) is 9.97 Å². The molecule has 1 aliphatic heterocycles. The molecule has 0 saturated carbocycles. The standard InChI is InChI=1S/C14H15ClN4O2/c15-12-13(18-10-4-2-1-3-9(10)17-12)19-14(20)11-6-5-8(7-16)21-11/h1-4,8,11H,5-7,16H2,(H,18,19,20). The topological polar surface area (TPSA) is 90.1 Å². The summed E-state index contributed by atoms with van der Waals surface area (Å²) in [5.41, 5.74) is 6.89. The third-order valence-corrected chi connectivity index (χ3v) is 3.70. The van der Waals surface area contributed by atoms with E-state index < -0.39 is 6.10 Å². The number of fused-ring (bicyclic) bond motifs is 1. The molecule has 6 nitrogen and oxygen atoms in total. The number of aromatic nitrogens is 2. The lowest BCUT2D eigenvalue weighted by atomic mass is 10.2. The Morgan fingerprint density at radius 1 is 1.33 bits per heavy atom. The molecule has 2 atom stereocenters. The summed E-state index contributed by atoms with van der Waals surface area (Å²) in [6.45, 7) is 0.417. The number of para-hydroxylation sites is 2. The Balaban J connectivity index is 1.78. The average Bonchev–Trinajstić information content (AvgIpc) is 2.97. The van der Waals surface area contributed by atoms with Gasteiger partial charge in [-0.05, 0) is 25.0 Å². The molecule has 3 rings (SSSR count). The molecular weight excluding hydrogens is 292 g/mol. The van der Waals surface area contributed by atoms with Gasteiger partial charge in [-0.1, -0.05) is 23.7 Å². The Hall–Kier alpha value is -1.76. The van der Waals surface area contributed by atoms with E-state index in [9.17, 15) is 4.79 Å². The molecule has 1 aliphatic rings. The number of anilines is 1. The molecule has 0 bridgehead atoms. The summed E-state index contributed by atoms with van der Waals surface area (Å²) in [6, 6.07) is 7.32. The molecule has 2 unspecified atom stereocenters. The highest BCUT2D eigenvalue weighted by Gasteiger charge is 2.30. The fraction of sp³-hybridized carbons (Fsp3) is 0.357. The Kier molecular flexibility index (Phi) is 4.01. The highest BCUT2D eigenvalue weighted by Crippen LogP contribution is 2.24. The second kappa shape index (κ2) is 5.93. The number of carbonyl (C=O) groups is 1. The summed E-state index contributed by atoms with van der Waals surface area (Å²) < 4.78 is 5.54. The lowest BCUT2D eigenvalue weighted by molar-refractivity contribution is -0.126. The van der Waals surface area contributed by atoms with Gasteiger partial charge < -0.3 is 15.8 Å². The fourth-order valence-electron chi connectivity index (χ4n) is 2.33. The first-order valence-electron chi connectivity index (χ1n) is 6.76. The Morgan fingerprint density at radius 2 is 2.05 bits per heavy atom. The maximum absolute atomic E-state index is 12.2. The number of benzene rings is 1. The van der Waals surface area contributed by atoms with Crippen LogP contribution in [0.5, 0.6) is 0 Å². The minimum Gasteiger partial charge on any atom is -0.364 e. The Bertz CT molecular complexity index is 679. The van der Waals surface area contributed by atoms with E-state index in [-0.39, 0.29) is 23.0 Å². The number of nitrogens with zero attached hydrogens (tertiary/aromatic N) is 2. The van der Waals surface area contributed by atoms with E-state index in [1.807, 2.05) is 24.3 Å². The van der Waals surface area contributed by atoms with Gasteiger partial charge in [0.2, 0.25) is 0 Å². The van der Waals surface area contributed by atoms with Crippen LogP contribution in [-0.2, 0) is 9.53 Å². The van der Waals surface area contributed by atoms with Crippen molar-refractivity contribution in [2.45, 2.75) is 25.0 Å². The van der Waals surface area contributed by atoms with Crippen LogP contribution in [-0.4, -0.2) is 34.6 Å². The van der Waals surface area contributed by atoms with Gasteiger partial charge in [0.1, 0.15) is 6.10 Å². The number of hydrogen-bond acceptors (Lipinski definition) is 5. The average molecular weight is 307 g/mol. The quantitative estimate of drug-likeness (QED) is 0.901. The summed E-state index contributed by atoms with van der Waals surface area (Å²) in [5, 5.41) is 2.84. The molecule has 1 fully saturated rings. The van der Waals surface area contributed by atoms with E-state index in [1.165, 1.54) is 0 Å². The van der Waals surface area contributed by atoms with E-state index in [2.05, 4.69) is 15.3 Å². The van der Waals surface area contributed by atoms with Crippen LogP contribution in [0.3, 0.4) is 0 Å². The zero-order chi connectivity index (χ0) is 14.8. The predicted molar refractivity (Wildman–Crippen MR) is 80.1 cm³/mol. The molecule has 0 spiro atoms. The molecule has 7 heteroatoms. The summed E-state index contributed by atoms with van der Waals surface area (Å²) in [4.78, 5) is 20.7. The predicted octanol–water partition coefficient (Wildman–Crippen LogP) is 1.73. The summed E-state index contributed by atoms with van der Waals surface area (Å²) >= 11 is 6.06. The van der Waals surface area contributed by atoms with Crippen LogP contribution < -0.4 is 11.1 Å². The van der Waals surface area contributed by atoms with Crippen molar-refractivity contribution in [3.8, 4) is 0 Å². The first-order chi connectivity index (χ1) is 10.2. The summed E-state index contributed by atoms with van der Waals surface area (Å²) in [6.07, 6.45) is 0.861. The molecule has 2 heterocycles. The number of amides is 1. The molecule has 3 N–H and O–H groups in total. The third-order valence-electron chi connectivity index (χ3n) is 3.43. The fourth-order valence-corrected chi connectivity index (χ4v) is 2.51. The highest BCUT2D eigenvalue weighted by molar-refractivity contribution is 6.32. The van der Waals surface area contributed by atoms with E-state index in [4.69, 9.17) is 22.1 Å². The van der Waals surface area contributed by atoms with Crippen molar-refractivity contribution in [2.24, 2.45) is 5.73 Å². The second-order valence-corrected chi connectivity index (χ2v) is 5.26. The maximum Gasteiger partial charge on any atom is 0.254 e. The van der Waals surface area contributed by atoms with Gasteiger partial charge in [0, 0.05) is 6.54 Å².